The van der Waals surface area contributed by atoms with Crippen molar-refractivity contribution in [3.8, 4) is 0 Å². The first-order chi connectivity index (χ1) is 11.7. The summed E-state index contributed by atoms with van der Waals surface area (Å²) in [5.74, 6) is 0.578. The van der Waals surface area contributed by atoms with Crippen molar-refractivity contribution >= 4 is 5.97 Å². The number of ether oxygens (including phenoxy) is 1. The lowest BCUT2D eigenvalue weighted by atomic mass is 9.95. The highest BCUT2D eigenvalue weighted by Gasteiger charge is 2.11. The Balaban J connectivity index is 3.81. The van der Waals surface area contributed by atoms with E-state index in [-0.39, 0.29) is 5.97 Å². The fourth-order valence-electron chi connectivity index (χ4n) is 3.22. The van der Waals surface area contributed by atoms with Gasteiger partial charge in [0.05, 0.1) is 6.61 Å². The molecule has 24 heavy (non-hydrogen) atoms. The summed E-state index contributed by atoms with van der Waals surface area (Å²) in [6, 6.07) is 0. The Labute approximate surface area is 152 Å². The number of esters is 1. The maximum absolute atomic E-state index is 11.6. The van der Waals surface area contributed by atoms with Gasteiger partial charge in [-0.25, -0.2) is 0 Å². The summed E-state index contributed by atoms with van der Waals surface area (Å²) in [5.41, 5.74) is 0. The van der Waals surface area contributed by atoms with E-state index in [0.717, 1.165) is 6.42 Å². The first kappa shape index (κ1) is 23.5. The van der Waals surface area contributed by atoms with E-state index in [9.17, 15) is 4.79 Å². The van der Waals surface area contributed by atoms with Gasteiger partial charge in [-0.2, -0.15) is 0 Å². The van der Waals surface area contributed by atoms with Gasteiger partial charge in [-0.05, 0) is 25.2 Å². The van der Waals surface area contributed by atoms with Gasteiger partial charge in [0.15, 0.2) is 0 Å². The SMILES string of the molecule is CCCCCCCCCCC(CCCCCC)COC(=O)CCC. The summed E-state index contributed by atoms with van der Waals surface area (Å²) in [6.07, 6.45) is 20.1. The highest BCUT2D eigenvalue weighted by Crippen LogP contribution is 2.19. The quantitative estimate of drug-likeness (QED) is 0.191. The van der Waals surface area contributed by atoms with Crippen LogP contribution in [0.2, 0.25) is 0 Å². The molecule has 1 atom stereocenters. The van der Waals surface area contributed by atoms with E-state index in [1.54, 1.807) is 0 Å². The van der Waals surface area contributed by atoms with Crippen molar-refractivity contribution < 1.29 is 9.53 Å². The number of rotatable bonds is 18. The molecule has 0 heterocycles. The normalized spacial score (nSPS) is 12.3. The van der Waals surface area contributed by atoms with E-state index in [0.29, 0.717) is 18.9 Å². The molecule has 0 aliphatic rings. The molecule has 2 nitrogen and oxygen atoms in total. The Morgan fingerprint density at radius 1 is 0.667 bits per heavy atom. The van der Waals surface area contributed by atoms with Crippen molar-refractivity contribution in [2.24, 2.45) is 5.92 Å². The molecule has 1 unspecified atom stereocenters. The molecule has 2 heteroatoms. The van der Waals surface area contributed by atoms with Crippen molar-refractivity contribution in [2.75, 3.05) is 6.61 Å². The minimum Gasteiger partial charge on any atom is -0.465 e. The van der Waals surface area contributed by atoms with Crippen molar-refractivity contribution in [3.05, 3.63) is 0 Å². The molecule has 0 fully saturated rings. The third kappa shape index (κ3) is 16.3. The summed E-state index contributed by atoms with van der Waals surface area (Å²) in [4.78, 5) is 11.6. The third-order valence-electron chi connectivity index (χ3n) is 4.87. The lowest BCUT2D eigenvalue weighted by Gasteiger charge is -2.17. The zero-order valence-electron chi connectivity index (χ0n) is 16.9. The molecule has 0 aromatic carbocycles. The Morgan fingerprint density at radius 3 is 1.62 bits per heavy atom. The number of hydrogen-bond donors (Lipinski definition) is 0. The fraction of sp³-hybridized carbons (Fsp3) is 0.955. The number of carbonyl (C=O) groups excluding carboxylic acids is 1. The summed E-state index contributed by atoms with van der Waals surface area (Å²) in [5, 5.41) is 0. The molecule has 0 spiro atoms. The first-order valence-corrected chi connectivity index (χ1v) is 10.9. The zero-order valence-corrected chi connectivity index (χ0v) is 16.9. The van der Waals surface area contributed by atoms with Crippen LogP contribution in [0, 0.1) is 5.92 Å². The van der Waals surface area contributed by atoms with Crippen LogP contribution in [0.15, 0.2) is 0 Å². The van der Waals surface area contributed by atoms with Gasteiger partial charge in [-0.15, -0.1) is 0 Å². The van der Waals surface area contributed by atoms with Crippen molar-refractivity contribution in [1.29, 1.82) is 0 Å². The molecule has 0 rings (SSSR count). The maximum Gasteiger partial charge on any atom is 0.305 e. The molecular weight excluding hydrogens is 296 g/mol. The fourth-order valence-corrected chi connectivity index (χ4v) is 3.22. The number of hydrogen-bond acceptors (Lipinski definition) is 2. The van der Waals surface area contributed by atoms with E-state index in [2.05, 4.69) is 13.8 Å². The highest BCUT2D eigenvalue weighted by atomic mass is 16.5. The van der Waals surface area contributed by atoms with Crippen LogP contribution in [0.3, 0.4) is 0 Å². The van der Waals surface area contributed by atoms with Crippen molar-refractivity contribution in [3.63, 3.8) is 0 Å². The van der Waals surface area contributed by atoms with Crippen LogP contribution in [0.5, 0.6) is 0 Å². The van der Waals surface area contributed by atoms with E-state index >= 15 is 0 Å². The second-order valence-electron chi connectivity index (χ2n) is 7.41. The smallest absolute Gasteiger partial charge is 0.305 e. The zero-order chi connectivity index (χ0) is 17.9. The van der Waals surface area contributed by atoms with Gasteiger partial charge >= 0.3 is 5.97 Å². The predicted molar refractivity (Wildman–Crippen MR) is 105 cm³/mol. The first-order valence-electron chi connectivity index (χ1n) is 10.9. The summed E-state index contributed by atoms with van der Waals surface area (Å²) >= 11 is 0. The average molecular weight is 341 g/mol. The lowest BCUT2D eigenvalue weighted by Crippen LogP contribution is -2.14. The Hall–Kier alpha value is -0.530. The van der Waals surface area contributed by atoms with E-state index < -0.39 is 0 Å². The van der Waals surface area contributed by atoms with Crippen LogP contribution in [0.25, 0.3) is 0 Å². The van der Waals surface area contributed by atoms with E-state index in [4.69, 9.17) is 4.74 Å². The monoisotopic (exact) mass is 340 g/mol. The molecule has 0 radical (unpaired) electrons. The van der Waals surface area contributed by atoms with Crippen molar-refractivity contribution in [2.45, 2.75) is 124 Å². The molecular formula is C22H44O2. The van der Waals surface area contributed by atoms with Gasteiger partial charge in [0, 0.05) is 6.42 Å². The third-order valence-corrected chi connectivity index (χ3v) is 4.87. The maximum atomic E-state index is 11.6. The van der Waals surface area contributed by atoms with Gasteiger partial charge in [0.2, 0.25) is 0 Å². The van der Waals surface area contributed by atoms with Gasteiger partial charge in [0.1, 0.15) is 0 Å². The second-order valence-corrected chi connectivity index (χ2v) is 7.41. The Morgan fingerprint density at radius 2 is 1.12 bits per heavy atom. The van der Waals surface area contributed by atoms with E-state index in [1.165, 1.54) is 89.9 Å². The molecule has 0 aromatic rings. The standard InChI is InChI=1S/C22H44O2/c1-4-7-9-11-12-13-14-16-19-21(18-15-10-8-5-2)20-24-22(23)17-6-3/h21H,4-20H2,1-3H3. The molecule has 0 aromatic heterocycles. The molecule has 144 valence electrons. The summed E-state index contributed by atoms with van der Waals surface area (Å²) < 4.78 is 5.49. The van der Waals surface area contributed by atoms with Crippen LogP contribution in [0.1, 0.15) is 124 Å². The molecule has 0 aliphatic heterocycles. The number of unbranched alkanes of at least 4 members (excludes halogenated alkanes) is 10. The van der Waals surface area contributed by atoms with Crippen LogP contribution in [0.4, 0.5) is 0 Å². The highest BCUT2D eigenvalue weighted by molar-refractivity contribution is 5.69. The van der Waals surface area contributed by atoms with Gasteiger partial charge in [-0.3, -0.25) is 4.79 Å². The average Bonchev–Trinajstić information content (AvgIpc) is 2.58. The van der Waals surface area contributed by atoms with Gasteiger partial charge in [-0.1, -0.05) is 97.8 Å². The Kier molecular flexibility index (Phi) is 18.4. The van der Waals surface area contributed by atoms with Crippen LogP contribution < -0.4 is 0 Å². The Bertz CT molecular complexity index is 263. The molecule has 0 saturated carbocycles. The summed E-state index contributed by atoms with van der Waals surface area (Å²) in [7, 11) is 0. The second kappa shape index (κ2) is 18.8. The lowest BCUT2D eigenvalue weighted by molar-refractivity contribution is -0.145. The van der Waals surface area contributed by atoms with Crippen LogP contribution >= 0.6 is 0 Å². The minimum absolute atomic E-state index is 0.00742. The van der Waals surface area contributed by atoms with Crippen LogP contribution in [-0.4, -0.2) is 12.6 Å². The molecule has 0 bridgehead atoms. The molecule has 0 saturated heterocycles. The van der Waals surface area contributed by atoms with Gasteiger partial charge < -0.3 is 4.74 Å². The predicted octanol–water partition coefficient (Wildman–Crippen LogP) is 7.45. The van der Waals surface area contributed by atoms with Crippen molar-refractivity contribution in [1.82, 2.24) is 0 Å². The van der Waals surface area contributed by atoms with Crippen LogP contribution in [-0.2, 0) is 9.53 Å². The minimum atomic E-state index is -0.00742. The molecule has 0 amide bonds. The largest absolute Gasteiger partial charge is 0.465 e. The molecule has 0 N–H and O–H groups in total. The topological polar surface area (TPSA) is 26.3 Å². The summed E-state index contributed by atoms with van der Waals surface area (Å²) in [6.45, 7) is 7.21. The number of carbonyl (C=O) groups is 1. The van der Waals surface area contributed by atoms with E-state index in [1.807, 2.05) is 6.92 Å². The van der Waals surface area contributed by atoms with Gasteiger partial charge in [0.25, 0.3) is 0 Å². The molecule has 0 aliphatic carbocycles.